The molecule has 548 valence electrons. The van der Waals surface area contributed by atoms with E-state index in [-0.39, 0.29) is 55.4 Å². The van der Waals surface area contributed by atoms with E-state index in [1.165, 1.54) is 154 Å². The number of rotatable bonds is 8. The Morgan fingerprint density at radius 2 is 0.589 bits per heavy atom. The molecule has 0 aliphatic carbocycles. The van der Waals surface area contributed by atoms with Gasteiger partial charge in [-0.25, -0.2) is 0 Å². The molecule has 2 aliphatic heterocycles. The molecule has 3 heterocycles. The molecule has 14 rings (SSSR count). The van der Waals surface area contributed by atoms with Crippen LogP contribution in [0.5, 0.6) is 0 Å². The topological polar surface area (TPSA) is 11.4 Å². The third-order valence-electron chi connectivity index (χ3n) is 23.6. The van der Waals surface area contributed by atoms with E-state index < -0.39 is 8.07 Å². The summed E-state index contributed by atoms with van der Waals surface area (Å²) in [5, 5.41) is 7.97. The third kappa shape index (κ3) is 13.1. The van der Waals surface area contributed by atoms with E-state index >= 15 is 0 Å². The molecular formula is C102H118BN3Si. The van der Waals surface area contributed by atoms with Crippen LogP contribution in [0.3, 0.4) is 0 Å². The monoisotopic (exact) mass is 1420 g/mol. The first kappa shape index (κ1) is 74.9. The van der Waals surface area contributed by atoms with Gasteiger partial charge in [0.15, 0.2) is 8.07 Å². The highest BCUT2D eigenvalue weighted by Crippen LogP contribution is 2.55. The zero-order valence-electron chi connectivity index (χ0n) is 69.8. The number of aromatic nitrogens is 1. The van der Waals surface area contributed by atoms with Crippen LogP contribution in [0, 0.1) is 0 Å². The molecule has 0 N–H and O–H groups in total. The summed E-state index contributed by atoms with van der Waals surface area (Å²) in [6.45, 7) is 64.7. The van der Waals surface area contributed by atoms with E-state index in [1.54, 1.807) is 0 Å². The van der Waals surface area contributed by atoms with Crippen molar-refractivity contribution in [2.24, 2.45) is 0 Å². The van der Waals surface area contributed by atoms with Crippen molar-refractivity contribution in [2.75, 3.05) is 9.80 Å². The van der Waals surface area contributed by atoms with Crippen LogP contribution in [0.2, 0.25) is 0 Å². The summed E-state index contributed by atoms with van der Waals surface area (Å²) in [4.78, 5) is 5.67. The maximum atomic E-state index is 2.85. The first-order chi connectivity index (χ1) is 49.8. The predicted molar refractivity (Wildman–Crippen MR) is 472 cm³/mol. The van der Waals surface area contributed by atoms with Crippen LogP contribution in [-0.4, -0.2) is 19.4 Å². The van der Waals surface area contributed by atoms with Gasteiger partial charge >= 0.3 is 0 Å². The van der Waals surface area contributed by atoms with Crippen LogP contribution < -0.4 is 46.9 Å². The van der Waals surface area contributed by atoms with Crippen molar-refractivity contribution in [1.82, 2.24) is 4.57 Å². The summed E-state index contributed by atoms with van der Waals surface area (Å²) in [5.74, 6) is 0. The van der Waals surface area contributed by atoms with Gasteiger partial charge in [0.05, 0.1) is 22.4 Å². The van der Waals surface area contributed by atoms with Gasteiger partial charge in [0.2, 0.25) is 0 Å². The average molecular weight is 1420 g/mol. The fraction of sp³-hybridized carbons (Fsp3) is 0.353. The molecule has 12 aromatic rings. The van der Waals surface area contributed by atoms with Crippen molar-refractivity contribution in [2.45, 2.75) is 236 Å². The lowest BCUT2D eigenvalue weighted by atomic mass is 9.33. The number of nitrogens with zero attached hydrogens (tertiary/aromatic N) is 3. The molecule has 0 fully saturated rings. The second-order valence-corrected chi connectivity index (χ2v) is 44.7. The minimum atomic E-state index is -3.17. The Bertz CT molecular complexity index is 5190. The minimum absolute atomic E-state index is 0.0419. The molecule has 5 heteroatoms. The maximum Gasteiger partial charge on any atom is 0.252 e. The smallest absolute Gasteiger partial charge is 0.252 e. The molecule has 0 atom stereocenters. The number of hydrogen-bond donors (Lipinski definition) is 0. The summed E-state index contributed by atoms with van der Waals surface area (Å²) in [5.41, 5.74) is 27.7. The average Bonchev–Trinajstić information content (AvgIpc) is 0.867. The highest BCUT2D eigenvalue weighted by molar-refractivity contribution is 7.20. The van der Waals surface area contributed by atoms with Crippen LogP contribution >= 0.6 is 0 Å². The van der Waals surface area contributed by atoms with Crippen molar-refractivity contribution in [3.63, 3.8) is 0 Å². The standard InChI is InChI=1S/C102H118BN3Si/c1-94(2,3)67-45-43-65(44-46-67)66-55-89-91-90(56-66)106(93-81(101(22,23)24)61-71(98(13,14)15)62-82(93)102(25,26)27)88-64-76(107(73-37-31-28-32-38-73,74-39-33-29-34-40-74)75-41-35-30-36-42-75)50-52-84(88)103(91)83-51-49-72(63-87(83)105(89)92-79(99(16,17)18)59-70(97(10,11)12)60-80(92)100(19,20)21)104-85-53-47-68(95(4,5)6)57-77(85)78-58-69(96(7,8)9)48-54-86(78)104/h28-64H,1-27H3. The second-order valence-electron chi connectivity index (χ2n) is 40.9. The van der Waals surface area contributed by atoms with E-state index in [4.69, 9.17) is 0 Å². The molecule has 107 heavy (non-hydrogen) atoms. The lowest BCUT2D eigenvalue weighted by Gasteiger charge is -2.48. The minimum Gasteiger partial charge on any atom is -0.311 e. The van der Waals surface area contributed by atoms with Crippen molar-refractivity contribution in [1.29, 1.82) is 0 Å². The van der Waals surface area contributed by atoms with E-state index in [0.29, 0.717) is 0 Å². The highest BCUT2D eigenvalue weighted by atomic mass is 28.3. The van der Waals surface area contributed by atoms with Gasteiger partial charge in [0.1, 0.15) is 0 Å². The summed E-state index contributed by atoms with van der Waals surface area (Å²) >= 11 is 0. The van der Waals surface area contributed by atoms with E-state index in [9.17, 15) is 0 Å². The Morgan fingerprint density at radius 1 is 0.252 bits per heavy atom. The highest BCUT2D eigenvalue weighted by Gasteiger charge is 2.50. The maximum absolute atomic E-state index is 3.17. The molecule has 3 nitrogen and oxygen atoms in total. The lowest BCUT2D eigenvalue weighted by Crippen LogP contribution is -2.75. The zero-order valence-corrected chi connectivity index (χ0v) is 70.8. The third-order valence-corrected chi connectivity index (χ3v) is 28.4. The molecule has 0 saturated heterocycles. The Labute approximate surface area is 645 Å². The lowest BCUT2D eigenvalue weighted by molar-refractivity contribution is 0.549. The normalized spacial score (nSPS) is 14.1. The molecule has 11 aromatic carbocycles. The van der Waals surface area contributed by atoms with Crippen molar-refractivity contribution >= 4 is 108 Å². The Morgan fingerprint density at radius 3 is 0.935 bits per heavy atom. The molecule has 0 radical (unpaired) electrons. The molecular weight excluding hydrogens is 1310 g/mol. The SMILES string of the molecule is CC(C)(C)c1ccc(-c2cc3c4c(c2)N(c2c(C(C)(C)C)cc(C(C)(C)C)cc2C(C)(C)C)c2cc([Si](c5ccccc5)(c5ccccc5)c5ccccc5)ccc2B4c2ccc(-n4c5ccc(C(C)(C)C)cc5c5cc(C(C)(C)C)ccc54)cc2N3c2c(C(C)(C)C)cc(C(C)(C)C)cc2C(C)(C)C)cc1. The van der Waals surface area contributed by atoms with E-state index in [1.807, 2.05) is 0 Å². The Balaban J connectivity index is 1.23. The largest absolute Gasteiger partial charge is 0.311 e. The van der Waals surface area contributed by atoms with Crippen LogP contribution in [0.4, 0.5) is 34.1 Å². The van der Waals surface area contributed by atoms with Crippen LogP contribution in [0.25, 0.3) is 38.6 Å². The summed E-state index contributed by atoms with van der Waals surface area (Å²) in [6, 6.07) is 90.1. The van der Waals surface area contributed by atoms with Crippen LogP contribution in [-0.2, 0) is 48.7 Å². The quantitative estimate of drug-likeness (QED) is 0.111. The number of anilines is 6. The van der Waals surface area contributed by atoms with Gasteiger partial charge in [0.25, 0.3) is 6.71 Å². The van der Waals surface area contributed by atoms with Gasteiger partial charge < -0.3 is 14.4 Å². The van der Waals surface area contributed by atoms with Gasteiger partial charge in [-0.2, -0.15) is 0 Å². The Kier molecular flexibility index (Phi) is 17.9. The van der Waals surface area contributed by atoms with Crippen molar-refractivity contribution in [3.8, 4) is 16.8 Å². The number of benzene rings is 11. The molecule has 0 bridgehead atoms. The predicted octanol–water partition coefficient (Wildman–Crippen LogP) is 23.6. The molecule has 2 aliphatic rings. The van der Waals surface area contributed by atoms with E-state index in [2.05, 4.69) is 426 Å². The van der Waals surface area contributed by atoms with Gasteiger partial charge in [-0.15, -0.1) is 0 Å². The van der Waals surface area contributed by atoms with Gasteiger partial charge in [0, 0.05) is 39.2 Å². The summed E-state index contributed by atoms with van der Waals surface area (Å²) < 4.78 is 2.60. The number of hydrogen-bond acceptors (Lipinski definition) is 2. The molecule has 0 spiro atoms. The fourth-order valence-corrected chi connectivity index (χ4v) is 22.1. The summed E-state index contributed by atoms with van der Waals surface area (Å²) in [7, 11) is -3.17. The Hall–Kier alpha value is -8.90. The van der Waals surface area contributed by atoms with Gasteiger partial charge in [-0.1, -0.05) is 357 Å². The first-order valence-corrected chi connectivity index (χ1v) is 41.6. The van der Waals surface area contributed by atoms with Crippen LogP contribution in [0.1, 0.15) is 237 Å². The van der Waals surface area contributed by atoms with Crippen molar-refractivity contribution in [3.05, 3.63) is 275 Å². The van der Waals surface area contributed by atoms with Gasteiger partial charge in [-0.05, 0) is 202 Å². The van der Waals surface area contributed by atoms with Crippen molar-refractivity contribution < 1.29 is 0 Å². The summed E-state index contributed by atoms with van der Waals surface area (Å²) in [6.07, 6.45) is 0. The zero-order chi connectivity index (χ0) is 77.2. The molecule has 1 aromatic heterocycles. The van der Waals surface area contributed by atoms with E-state index in [0.717, 1.165) is 5.69 Å². The molecule has 0 amide bonds. The first-order valence-electron chi connectivity index (χ1n) is 39.6. The van der Waals surface area contributed by atoms with Gasteiger partial charge in [-0.3, -0.25) is 0 Å². The number of fused-ring (bicyclic) bond motifs is 7. The molecule has 0 unspecified atom stereocenters. The molecule has 0 saturated carbocycles. The second kappa shape index (κ2) is 25.6. The fourth-order valence-electron chi connectivity index (χ4n) is 17.4. The van der Waals surface area contributed by atoms with Crippen LogP contribution in [0.15, 0.2) is 224 Å².